The SMILES string of the molecule is CN=C(NCCc1ccc(NC(=O)OC(C)(C)C)cc1)NCCS(C)(=O)=O. The molecule has 0 spiro atoms. The molecule has 8 nitrogen and oxygen atoms in total. The molecule has 1 rings (SSSR count). The van der Waals surface area contributed by atoms with E-state index >= 15 is 0 Å². The molecule has 0 radical (unpaired) electrons. The van der Waals surface area contributed by atoms with Gasteiger partial charge < -0.3 is 15.4 Å². The minimum atomic E-state index is -3.00. The van der Waals surface area contributed by atoms with Crippen LogP contribution < -0.4 is 16.0 Å². The number of amides is 1. The lowest BCUT2D eigenvalue weighted by molar-refractivity contribution is 0.0636. The number of guanidine groups is 1. The highest BCUT2D eigenvalue weighted by Crippen LogP contribution is 2.13. The number of aliphatic imine (C=N–C) groups is 1. The second-order valence-electron chi connectivity index (χ2n) is 7.13. The Morgan fingerprint density at radius 1 is 1.11 bits per heavy atom. The van der Waals surface area contributed by atoms with Crippen molar-refractivity contribution in [2.24, 2.45) is 4.99 Å². The lowest BCUT2D eigenvalue weighted by Crippen LogP contribution is -2.40. The van der Waals surface area contributed by atoms with Crippen LogP contribution in [0, 0.1) is 0 Å². The Labute approximate surface area is 161 Å². The lowest BCUT2D eigenvalue weighted by atomic mass is 10.1. The van der Waals surface area contributed by atoms with E-state index in [-0.39, 0.29) is 5.75 Å². The zero-order chi connectivity index (χ0) is 20.5. The second kappa shape index (κ2) is 10.1. The minimum absolute atomic E-state index is 0.0554. The third kappa shape index (κ3) is 11.1. The van der Waals surface area contributed by atoms with Crippen molar-refractivity contribution in [1.29, 1.82) is 0 Å². The van der Waals surface area contributed by atoms with Crippen molar-refractivity contribution in [1.82, 2.24) is 10.6 Å². The normalized spacial score (nSPS) is 12.4. The maximum absolute atomic E-state index is 11.7. The van der Waals surface area contributed by atoms with Crippen LogP contribution in [0.15, 0.2) is 29.3 Å². The molecule has 0 aliphatic rings. The molecule has 0 atom stereocenters. The predicted octanol–water partition coefficient (Wildman–Crippen LogP) is 1.79. The summed E-state index contributed by atoms with van der Waals surface area (Å²) in [5.41, 5.74) is 1.21. The first kappa shape index (κ1) is 22.8. The maximum Gasteiger partial charge on any atom is 0.412 e. The lowest BCUT2D eigenvalue weighted by Gasteiger charge is -2.19. The summed E-state index contributed by atoms with van der Waals surface area (Å²) in [6, 6.07) is 7.49. The van der Waals surface area contributed by atoms with Gasteiger partial charge in [-0.2, -0.15) is 0 Å². The van der Waals surface area contributed by atoms with Crippen LogP contribution in [0.5, 0.6) is 0 Å². The standard InChI is InChI=1S/C18H30N4O4S/c1-18(2,3)26-17(23)22-15-8-6-14(7-9-15)10-11-20-16(19-4)21-12-13-27(5,24)25/h6-9H,10-13H2,1-5H3,(H,22,23)(H2,19,20,21). The summed E-state index contributed by atoms with van der Waals surface area (Å²) in [4.78, 5) is 15.8. The monoisotopic (exact) mass is 398 g/mol. The molecule has 9 heteroatoms. The number of hydrogen-bond acceptors (Lipinski definition) is 5. The molecule has 0 unspecified atom stereocenters. The average molecular weight is 399 g/mol. The molecule has 0 fully saturated rings. The molecule has 27 heavy (non-hydrogen) atoms. The van der Waals surface area contributed by atoms with Gasteiger partial charge in [0.15, 0.2) is 5.96 Å². The maximum atomic E-state index is 11.7. The van der Waals surface area contributed by atoms with Gasteiger partial charge in [-0.05, 0) is 44.9 Å². The van der Waals surface area contributed by atoms with E-state index in [1.165, 1.54) is 6.26 Å². The average Bonchev–Trinajstić information content (AvgIpc) is 2.52. The molecular formula is C18H30N4O4S. The Kier molecular flexibility index (Phi) is 8.55. The quantitative estimate of drug-likeness (QED) is 0.477. The predicted molar refractivity (Wildman–Crippen MR) is 109 cm³/mol. The van der Waals surface area contributed by atoms with E-state index in [9.17, 15) is 13.2 Å². The van der Waals surface area contributed by atoms with Crippen LogP contribution in [-0.2, 0) is 21.0 Å². The molecule has 0 heterocycles. The van der Waals surface area contributed by atoms with E-state index in [1.807, 2.05) is 45.0 Å². The first-order valence-corrected chi connectivity index (χ1v) is 10.8. The molecule has 0 aliphatic heterocycles. The highest BCUT2D eigenvalue weighted by Gasteiger charge is 2.16. The van der Waals surface area contributed by atoms with Gasteiger partial charge in [0.25, 0.3) is 0 Å². The number of rotatable bonds is 7. The Balaban J connectivity index is 2.39. The van der Waals surface area contributed by atoms with Crippen molar-refractivity contribution >= 4 is 27.6 Å². The van der Waals surface area contributed by atoms with E-state index in [0.717, 1.165) is 12.0 Å². The Morgan fingerprint density at radius 3 is 2.22 bits per heavy atom. The van der Waals surface area contributed by atoms with Crippen molar-refractivity contribution in [2.75, 3.05) is 37.5 Å². The summed E-state index contributed by atoms with van der Waals surface area (Å²) in [5, 5.41) is 8.78. The van der Waals surface area contributed by atoms with E-state index in [1.54, 1.807) is 7.05 Å². The van der Waals surface area contributed by atoms with Crippen LogP contribution in [0.4, 0.5) is 10.5 Å². The fourth-order valence-electron chi connectivity index (χ4n) is 2.08. The number of ether oxygens (including phenoxy) is 1. The summed E-state index contributed by atoms with van der Waals surface area (Å²) < 4.78 is 27.5. The van der Waals surface area contributed by atoms with E-state index < -0.39 is 21.5 Å². The van der Waals surface area contributed by atoms with Crippen LogP contribution >= 0.6 is 0 Å². The molecule has 0 aromatic heterocycles. The Bertz CT molecular complexity index is 738. The highest BCUT2D eigenvalue weighted by molar-refractivity contribution is 7.90. The summed E-state index contributed by atoms with van der Waals surface area (Å²) in [5.74, 6) is 0.613. The van der Waals surface area contributed by atoms with Crippen molar-refractivity contribution in [3.63, 3.8) is 0 Å². The highest BCUT2D eigenvalue weighted by atomic mass is 32.2. The van der Waals surface area contributed by atoms with Crippen LogP contribution in [0.2, 0.25) is 0 Å². The van der Waals surface area contributed by atoms with Gasteiger partial charge in [0.2, 0.25) is 0 Å². The molecule has 1 aromatic rings. The fourth-order valence-corrected chi connectivity index (χ4v) is 2.55. The van der Waals surface area contributed by atoms with Gasteiger partial charge in [0.1, 0.15) is 15.4 Å². The van der Waals surface area contributed by atoms with Gasteiger partial charge in [0, 0.05) is 32.1 Å². The number of carbonyl (C=O) groups excluding carboxylic acids is 1. The van der Waals surface area contributed by atoms with Crippen LogP contribution in [-0.4, -0.2) is 58.2 Å². The number of benzene rings is 1. The van der Waals surface area contributed by atoms with Crippen LogP contribution in [0.25, 0.3) is 0 Å². The van der Waals surface area contributed by atoms with Crippen LogP contribution in [0.1, 0.15) is 26.3 Å². The first-order chi connectivity index (χ1) is 12.5. The van der Waals surface area contributed by atoms with Gasteiger partial charge in [-0.15, -0.1) is 0 Å². The van der Waals surface area contributed by atoms with Crippen molar-refractivity contribution in [3.8, 4) is 0 Å². The van der Waals surface area contributed by atoms with Crippen molar-refractivity contribution in [2.45, 2.75) is 32.8 Å². The topological polar surface area (TPSA) is 109 Å². The third-order valence-electron chi connectivity index (χ3n) is 3.29. The minimum Gasteiger partial charge on any atom is -0.444 e. The Morgan fingerprint density at radius 2 is 1.70 bits per heavy atom. The molecule has 152 valence electrons. The summed E-state index contributed by atoms with van der Waals surface area (Å²) >= 11 is 0. The summed E-state index contributed by atoms with van der Waals surface area (Å²) in [7, 11) is -1.37. The largest absolute Gasteiger partial charge is 0.444 e. The second-order valence-corrected chi connectivity index (χ2v) is 9.39. The van der Waals surface area contributed by atoms with Crippen molar-refractivity contribution in [3.05, 3.63) is 29.8 Å². The number of nitrogens with one attached hydrogen (secondary N) is 3. The third-order valence-corrected chi connectivity index (χ3v) is 4.24. The van der Waals surface area contributed by atoms with Gasteiger partial charge >= 0.3 is 6.09 Å². The Hall–Kier alpha value is -2.29. The van der Waals surface area contributed by atoms with Gasteiger partial charge in [-0.25, -0.2) is 13.2 Å². The first-order valence-electron chi connectivity index (χ1n) is 8.70. The number of nitrogens with zero attached hydrogens (tertiary/aromatic N) is 1. The van der Waals surface area contributed by atoms with Crippen LogP contribution in [0.3, 0.4) is 0 Å². The van der Waals surface area contributed by atoms with E-state index in [4.69, 9.17) is 4.74 Å². The molecule has 1 aromatic carbocycles. The van der Waals surface area contributed by atoms with Gasteiger partial charge in [-0.1, -0.05) is 12.1 Å². The van der Waals surface area contributed by atoms with Crippen molar-refractivity contribution < 1.29 is 17.9 Å². The van der Waals surface area contributed by atoms with E-state index in [2.05, 4.69) is 20.9 Å². The van der Waals surface area contributed by atoms with Gasteiger partial charge in [-0.3, -0.25) is 10.3 Å². The smallest absolute Gasteiger partial charge is 0.412 e. The zero-order valence-electron chi connectivity index (χ0n) is 16.6. The number of hydrogen-bond donors (Lipinski definition) is 3. The van der Waals surface area contributed by atoms with E-state index in [0.29, 0.717) is 24.7 Å². The molecule has 0 saturated carbocycles. The number of carbonyl (C=O) groups is 1. The summed E-state index contributed by atoms with van der Waals surface area (Å²) in [6.07, 6.45) is 1.46. The fraction of sp³-hybridized carbons (Fsp3) is 0.556. The summed E-state index contributed by atoms with van der Waals surface area (Å²) in [6.45, 7) is 6.38. The van der Waals surface area contributed by atoms with Gasteiger partial charge in [0.05, 0.1) is 5.75 Å². The zero-order valence-corrected chi connectivity index (χ0v) is 17.4. The molecule has 0 saturated heterocycles. The molecule has 1 amide bonds. The molecule has 0 bridgehead atoms. The molecular weight excluding hydrogens is 368 g/mol. The number of sulfone groups is 1. The number of anilines is 1. The molecule has 3 N–H and O–H groups in total. The molecule has 0 aliphatic carbocycles.